The third-order valence-corrected chi connectivity index (χ3v) is 3.91. The van der Waals surface area contributed by atoms with Gasteiger partial charge in [-0.1, -0.05) is 60.1 Å². The van der Waals surface area contributed by atoms with Crippen molar-refractivity contribution in [2.24, 2.45) is 5.73 Å². The summed E-state index contributed by atoms with van der Waals surface area (Å²) in [6.07, 6.45) is 1.20. The molecule has 0 spiro atoms. The van der Waals surface area contributed by atoms with Crippen LogP contribution in [0.4, 0.5) is 0 Å². The van der Waals surface area contributed by atoms with E-state index < -0.39 is 11.9 Å². The molecule has 0 saturated carbocycles. The summed E-state index contributed by atoms with van der Waals surface area (Å²) in [5.41, 5.74) is 7.25. The molecule has 0 aliphatic heterocycles. The van der Waals surface area contributed by atoms with E-state index in [4.69, 9.17) is 17.3 Å². The zero-order chi connectivity index (χ0) is 16.7. The third kappa shape index (κ3) is 5.42. The quantitative estimate of drug-likeness (QED) is 0.818. The van der Waals surface area contributed by atoms with Gasteiger partial charge in [0.05, 0.1) is 0 Å². The van der Waals surface area contributed by atoms with Gasteiger partial charge < -0.3 is 11.1 Å². The zero-order valence-electron chi connectivity index (χ0n) is 12.7. The Morgan fingerprint density at radius 1 is 1.04 bits per heavy atom. The van der Waals surface area contributed by atoms with E-state index >= 15 is 0 Å². The zero-order valence-corrected chi connectivity index (χ0v) is 13.4. The number of carbonyl (C=O) groups excluding carboxylic acids is 2. The van der Waals surface area contributed by atoms with Gasteiger partial charge >= 0.3 is 0 Å². The second kappa shape index (κ2) is 8.34. The Balaban J connectivity index is 1.92. The van der Waals surface area contributed by atoms with Gasteiger partial charge in [0.25, 0.3) is 0 Å². The Morgan fingerprint density at radius 2 is 1.70 bits per heavy atom. The Labute approximate surface area is 140 Å². The van der Waals surface area contributed by atoms with Gasteiger partial charge in [-0.25, -0.2) is 0 Å². The predicted octanol–water partition coefficient (Wildman–Crippen LogP) is 2.49. The van der Waals surface area contributed by atoms with Crippen molar-refractivity contribution in [2.45, 2.75) is 25.3 Å². The Bertz CT molecular complexity index is 674. The van der Waals surface area contributed by atoms with Crippen molar-refractivity contribution in [1.82, 2.24) is 5.32 Å². The van der Waals surface area contributed by atoms with E-state index in [0.29, 0.717) is 17.9 Å². The summed E-state index contributed by atoms with van der Waals surface area (Å²) >= 11 is 6.09. The molecular weight excluding hydrogens is 312 g/mol. The van der Waals surface area contributed by atoms with Gasteiger partial charge in [-0.15, -0.1) is 0 Å². The molecule has 0 aliphatic rings. The van der Waals surface area contributed by atoms with Crippen LogP contribution in [0.15, 0.2) is 54.6 Å². The molecule has 0 fully saturated rings. The second-order valence-electron chi connectivity index (χ2n) is 5.30. The van der Waals surface area contributed by atoms with E-state index in [1.54, 1.807) is 6.07 Å². The average molecular weight is 331 g/mol. The van der Waals surface area contributed by atoms with Gasteiger partial charge in [0.2, 0.25) is 11.8 Å². The van der Waals surface area contributed by atoms with Crippen LogP contribution in [0, 0.1) is 0 Å². The number of amides is 2. The number of hydrogen-bond donors (Lipinski definition) is 2. The first-order valence-electron chi connectivity index (χ1n) is 7.42. The normalized spacial score (nSPS) is 11.7. The van der Waals surface area contributed by atoms with Crippen molar-refractivity contribution in [3.05, 3.63) is 70.7 Å². The highest BCUT2D eigenvalue weighted by molar-refractivity contribution is 6.31. The van der Waals surface area contributed by atoms with Crippen molar-refractivity contribution < 1.29 is 9.59 Å². The number of nitrogens with two attached hydrogens (primary N) is 1. The highest BCUT2D eigenvalue weighted by Gasteiger charge is 2.19. The van der Waals surface area contributed by atoms with E-state index in [-0.39, 0.29) is 12.3 Å². The average Bonchev–Trinajstić information content (AvgIpc) is 2.55. The largest absolute Gasteiger partial charge is 0.368 e. The fourth-order valence-corrected chi connectivity index (χ4v) is 2.49. The first kappa shape index (κ1) is 17.0. The number of halogens is 1. The van der Waals surface area contributed by atoms with Crippen molar-refractivity contribution in [3.8, 4) is 0 Å². The molecule has 0 unspecified atom stereocenters. The van der Waals surface area contributed by atoms with Gasteiger partial charge in [-0.3, -0.25) is 9.59 Å². The van der Waals surface area contributed by atoms with Crippen molar-refractivity contribution >= 4 is 23.4 Å². The van der Waals surface area contributed by atoms with Crippen LogP contribution in [-0.4, -0.2) is 17.9 Å². The van der Waals surface area contributed by atoms with Gasteiger partial charge in [0.15, 0.2) is 0 Å². The molecule has 0 bridgehead atoms. The molecular formula is C18H19ClN2O2. The number of rotatable bonds is 7. The van der Waals surface area contributed by atoms with Crippen LogP contribution in [0.2, 0.25) is 5.02 Å². The summed E-state index contributed by atoms with van der Waals surface area (Å²) in [7, 11) is 0. The van der Waals surface area contributed by atoms with Crippen LogP contribution in [-0.2, 0) is 22.4 Å². The van der Waals surface area contributed by atoms with E-state index in [2.05, 4.69) is 5.32 Å². The van der Waals surface area contributed by atoms with Gasteiger partial charge in [-0.05, 0) is 23.6 Å². The molecule has 0 heterocycles. The van der Waals surface area contributed by atoms with Crippen LogP contribution in [0.1, 0.15) is 17.5 Å². The molecule has 23 heavy (non-hydrogen) atoms. The number of benzene rings is 2. The van der Waals surface area contributed by atoms with E-state index in [1.807, 2.05) is 48.5 Å². The summed E-state index contributed by atoms with van der Waals surface area (Å²) in [4.78, 5) is 23.6. The lowest BCUT2D eigenvalue weighted by Gasteiger charge is -2.16. The van der Waals surface area contributed by atoms with Crippen LogP contribution < -0.4 is 11.1 Å². The summed E-state index contributed by atoms with van der Waals surface area (Å²) < 4.78 is 0. The van der Waals surface area contributed by atoms with Gasteiger partial charge in [0, 0.05) is 17.9 Å². The summed E-state index contributed by atoms with van der Waals surface area (Å²) in [5.74, 6) is -0.775. The SMILES string of the molecule is NC(=O)[C@H](Cc1ccccc1Cl)NC(=O)CCc1ccccc1. The monoisotopic (exact) mass is 330 g/mol. The van der Waals surface area contributed by atoms with E-state index in [1.165, 1.54) is 0 Å². The minimum Gasteiger partial charge on any atom is -0.368 e. The fraction of sp³-hybridized carbons (Fsp3) is 0.222. The summed E-state index contributed by atoms with van der Waals surface area (Å²) in [5, 5.41) is 3.24. The minimum atomic E-state index is -0.766. The predicted molar refractivity (Wildman–Crippen MR) is 91.0 cm³/mol. The van der Waals surface area contributed by atoms with Crippen molar-refractivity contribution in [1.29, 1.82) is 0 Å². The number of hydrogen-bond acceptors (Lipinski definition) is 2. The number of nitrogens with one attached hydrogen (secondary N) is 1. The van der Waals surface area contributed by atoms with Crippen molar-refractivity contribution in [3.63, 3.8) is 0 Å². The first-order chi connectivity index (χ1) is 11.1. The molecule has 2 rings (SSSR count). The standard InChI is InChI=1S/C18H19ClN2O2/c19-15-9-5-4-8-14(15)12-16(18(20)23)21-17(22)11-10-13-6-2-1-3-7-13/h1-9,16H,10-12H2,(H2,20,23)(H,21,22)/t16-/m0/s1. The molecule has 1 atom stereocenters. The van der Waals surface area contributed by atoms with Crippen LogP contribution in [0.5, 0.6) is 0 Å². The Kier molecular flexibility index (Phi) is 6.18. The highest BCUT2D eigenvalue weighted by Crippen LogP contribution is 2.16. The fourth-order valence-electron chi connectivity index (χ4n) is 2.28. The summed E-state index contributed by atoms with van der Waals surface area (Å²) in [6.45, 7) is 0. The van der Waals surface area contributed by atoms with Gasteiger partial charge in [-0.2, -0.15) is 0 Å². The topological polar surface area (TPSA) is 72.2 Å². The van der Waals surface area contributed by atoms with E-state index in [0.717, 1.165) is 11.1 Å². The maximum atomic E-state index is 12.1. The van der Waals surface area contributed by atoms with Gasteiger partial charge in [0.1, 0.15) is 6.04 Å². The lowest BCUT2D eigenvalue weighted by atomic mass is 10.0. The molecule has 120 valence electrons. The molecule has 0 saturated heterocycles. The maximum absolute atomic E-state index is 12.1. The Morgan fingerprint density at radius 3 is 2.35 bits per heavy atom. The number of aryl methyl sites for hydroxylation is 1. The highest BCUT2D eigenvalue weighted by atomic mass is 35.5. The van der Waals surface area contributed by atoms with Crippen LogP contribution in [0.3, 0.4) is 0 Å². The Hall–Kier alpha value is -2.33. The summed E-state index contributed by atoms with van der Waals surface area (Å²) in [6, 6.07) is 16.1. The number of primary amides is 1. The molecule has 4 nitrogen and oxygen atoms in total. The van der Waals surface area contributed by atoms with Crippen LogP contribution in [0.25, 0.3) is 0 Å². The maximum Gasteiger partial charge on any atom is 0.240 e. The minimum absolute atomic E-state index is 0.204. The molecule has 0 radical (unpaired) electrons. The van der Waals surface area contributed by atoms with Crippen LogP contribution >= 0.6 is 11.6 Å². The number of carbonyl (C=O) groups is 2. The van der Waals surface area contributed by atoms with Crippen molar-refractivity contribution in [2.75, 3.05) is 0 Å². The molecule has 5 heteroatoms. The molecule has 0 aliphatic carbocycles. The second-order valence-corrected chi connectivity index (χ2v) is 5.71. The molecule has 3 N–H and O–H groups in total. The molecule has 0 aromatic heterocycles. The lowest BCUT2D eigenvalue weighted by molar-refractivity contribution is -0.127. The molecule has 2 amide bonds. The third-order valence-electron chi connectivity index (χ3n) is 3.54. The molecule has 2 aromatic carbocycles. The van der Waals surface area contributed by atoms with E-state index in [9.17, 15) is 9.59 Å². The lowest BCUT2D eigenvalue weighted by Crippen LogP contribution is -2.46. The molecule has 2 aromatic rings. The first-order valence-corrected chi connectivity index (χ1v) is 7.80. The smallest absolute Gasteiger partial charge is 0.240 e.